The van der Waals surface area contributed by atoms with Crippen molar-refractivity contribution in [2.45, 2.75) is 22.7 Å². The molecule has 0 atom stereocenters. The van der Waals surface area contributed by atoms with Crippen LogP contribution in [0.5, 0.6) is 0 Å². The topological polar surface area (TPSA) is 51.6 Å². The van der Waals surface area contributed by atoms with Crippen molar-refractivity contribution in [1.29, 1.82) is 0 Å². The van der Waals surface area contributed by atoms with Gasteiger partial charge in [-0.05, 0) is 12.1 Å². The summed E-state index contributed by atoms with van der Waals surface area (Å²) in [5, 5.41) is -0.0309. The highest BCUT2D eigenvalue weighted by Crippen LogP contribution is 2.29. The Morgan fingerprint density at radius 3 is 1.46 bits per heavy atom. The van der Waals surface area contributed by atoms with E-state index in [1.165, 1.54) is 0 Å². The van der Waals surface area contributed by atoms with Gasteiger partial charge in [0.25, 0.3) is 0 Å². The average Bonchev–Trinajstić information content (AvgIpc) is 2.57. The number of nitrogens with zero attached hydrogens (tertiary/aromatic N) is 4. The molecule has 0 aliphatic heterocycles. The van der Waals surface area contributed by atoms with Crippen LogP contribution in [0.4, 0.5) is 26.3 Å². The Morgan fingerprint density at radius 1 is 0.731 bits per heavy atom. The molecule has 2 rings (SSSR count). The van der Waals surface area contributed by atoms with E-state index >= 15 is 0 Å². The molecule has 0 aliphatic carbocycles. The first kappa shape index (κ1) is 20.5. The van der Waals surface area contributed by atoms with Crippen molar-refractivity contribution < 1.29 is 26.3 Å². The highest BCUT2D eigenvalue weighted by atomic mass is 32.2. The summed E-state index contributed by atoms with van der Waals surface area (Å²) >= 11 is 2.01. The minimum absolute atomic E-state index is 0.0154. The minimum atomic E-state index is -4.53. The van der Waals surface area contributed by atoms with Gasteiger partial charge in [-0.15, -0.1) is 0 Å². The molecule has 2 heterocycles. The predicted octanol–water partition coefficient (Wildman–Crippen LogP) is 4.74. The molecule has 12 heteroatoms. The van der Waals surface area contributed by atoms with E-state index in [-0.39, 0.29) is 10.3 Å². The molecule has 4 nitrogen and oxygen atoms in total. The van der Waals surface area contributed by atoms with Gasteiger partial charge in [0.2, 0.25) is 0 Å². The fraction of sp³-hybridized carbons (Fsp3) is 0.286. The second-order valence-corrected chi connectivity index (χ2v) is 6.51. The van der Waals surface area contributed by atoms with Gasteiger partial charge in [0.1, 0.15) is 11.4 Å². The Kier molecular flexibility index (Phi) is 6.87. The molecule has 2 aromatic rings. The highest BCUT2D eigenvalue weighted by molar-refractivity contribution is 7.99. The van der Waals surface area contributed by atoms with Crippen LogP contribution in [0.3, 0.4) is 0 Å². The maximum atomic E-state index is 12.5. The first-order chi connectivity index (χ1) is 12.2. The second kappa shape index (κ2) is 8.71. The molecule has 0 saturated carbocycles. The maximum absolute atomic E-state index is 12.5. The summed E-state index contributed by atoms with van der Waals surface area (Å²) in [6.45, 7) is 0. The maximum Gasteiger partial charge on any atom is 0.433 e. The SMILES string of the molecule is FC(F)(F)c1ccnc(SC/C=C/CSc2nccc(C(F)(F)F)n2)n1. The molecule has 26 heavy (non-hydrogen) atoms. The molecule has 140 valence electrons. The van der Waals surface area contributed by atoms with Crippen LogP contribution < -0.4 is 0 Å². The smallest absolute Gasteiger partial charge is 0.231 e. The lowest BCUT2D eigenvalue weighted by Gasteiger charge is -2.06. The van der Waals surface area contributed by atoms with Crippen molar-refractivity contribution in [3.05, 3.63) is 48.1 Å². The number of halogens is 6. The second-order valence-electron chi connectivity index (χ2n) is 4.54. The van der Waals surface area contributed by atoms with Gasteiger partial charge in [0.15, 0.2) is 10.3 Å². The largest absolute Gasteiger partial charge is 0.433 e. The molecule has 0 amide bonds. The van der Waals surface area contributed by atoms with Crippen LogP contribution >= 0.6 is 23.5 Å². The lowest BCUT2D eigenvalue weighted by molar-refractivity contribution is -0.142. The van der Waals surface area contributed by atoms with Crippen LogP contribution in [-0.4, -0.2) is 31.4 Å². The average molecular weight is 412 g/mol. The summed E-state index contributed by atoms with van der Waals surface area (Å²) in [4.78, 5) is 14.3. The molecule has 0 aliphatic rings. The zero-order chi connectivity index (χ0) is 19.2. The van der Waals surface area contributed by atoms with E-state index in [0.29, 0.717) is 11.5 Å². The monoisotopic (exact) mass is 412 g/mol. The molecule has 0 spiro atoms. The van der Waals surface area contributed by atoms with Crippen LogP contribution in [0.2, 0.25) is 0 Å². The summed E-state index contributed by atoms with van der Waals surface area (Å²) in [5.74, 6) is 0.622. The first-order valence-electron chi connectivity index (χ1n) is 6.87. The van der Waals surface area contributed by atoms with Crippen molar-refractivity contribution in [3.8, 4) is 0 Å². The van der Waals surface area contributed by atoms with Crippen LogP contribution in [0, 0.1) is 0 Å². The molecular weight excluding hydrogens is 402 g/mol. The first-order valence-corrected chi connectivity index (χ1v) is 8.84. The van der Waals surface area contributed by atoms with Gasteiger partial charge < -0.3 is 0 Å². The van der Waals surface area contributed by atoms with Gasteiger partial charge in [0.05, 0.1) is 0 Å². The molecule has 0 bridgehead atoms. The lowest BCUT2D eigenvalue weighted by atomic mass is 10.4. The number of thioether (sulfide) groups is 2. The van der Waals surface area contributed by atoms with Crippen LogP contribution in [0.1, 0.15) is 11.4 Å². The van der Waals surface area contributed by atoms with Crippen LogP contribution in [0.25, 0.3) is 0 Å². The summed E-state index contributed by atoms with van der Waals surface area (Å²) in [7, 11) is 0. The highest BCUT2D eigenvalue weighted by Gasteiger charge is 2.33. The van der Waals surface area contributed by atoms with E-state index in [1.807, 2.05) is 0 Å². The molecule has 0 radical (unpaired) electrons. The third-order valence-corrected chi connectivity index (χ3v) is 4.26. The number of alkyl halides is 6. The Bertz CT molecular complexity index is 700. The van der Waals surface area contributed by atoms with Crippen molar-refractivity contribution in [2.75, 3.05) is 11.5 Å². The zero-order valence-electron chi connectivity index (χ0n) is 12.8. The Balaban J connectivity index is 1.80. The van der Waals surface area contributed by atoms with Crippen molar-refractivity contribution >= 4 is 23.5 Å². The minimum Gasteiger partial charge on any atom is -0.231 e. The standard InChI is InChI=1S/C14H10F6N4S2/c15-13(16,17)9-3-5-21-11(23-9)25-7-1-2-8-26-12-22-6-4-10(24-12)14(18,19)20/h1-6H,7-8H2/b2-1+. The number of rotatable bonds is 6. The van der Waals surface area contributed by atoms with Crippen molar-refractivity contribution in [3.63, 3.8) is 0 Å². The number of aromatic nitrogens is 4. The Morgan fingerprint density at radius 2 is 1.12 bits per heavy atom. The van der Waals surface area contributed by atoms with E-state index in [0.717, 1.165) is 48.1 Å². The lowest BCUT2D eigenvalue weighted by Crippen LogP contribution is -2.08. The van der Waals surface area contributed by atoms with Gasteiger partial charge in [-0.25, -0.2) is 19.9 Å². The molecule has 0 unspecified atom stereocenters. The van der Waals surface area contributed by atoms with Gasteiger partial charge in [-0.2, -0.15) is 26.3 Å². The summed E-state index contributed by atoms with van der Waals surface area (Å²) in [6.07, 6.45) is -3.71. The summed E-state index contributed by atoms with van der Waals surface area (Å²) in [6, 6.07) is 1.57. The van der Waals surface area contributed by atoms with Gasteiger partial charge in [-0.3, -0.25) is 0 Å². The number of hydrogen-bond acceptors (Lipinski definition) is 6. The Hall–Kier alpha value is -1.82. The number of hydrogen-bond donors (Lipinski definition) is 0. The van der Waals surface area contributed by atoms with Crippen molar-refractivity contribution in [1.82, 2.24) is 19.9 Å². The van der Waals surface area contributed by atoms with Crippen LogP contribution in [-0.2, 0) is 12.4 Å². The van der Waals surface area contributed by atoms with E-state index < -0.39 is 23.7 Å². The molecule has 2 aromatic heterocycles. The third kappa shape index (κ3) is 6.48. The zero-order valence-corrected chi connectivity index (χ0v) is 14.4. The fourth-order valence-electron chi connectivity index (χ4n) is 1.52. The van der Waals surface area contributed by atoms with E-state index in [2.05, 4.69) is 19.9 Å². The molecule has 0 N–H and O–H groups in total. The van der Waals surface area contributed by atoms with Crippen LogP contribution in [0.15, 0.2) is 47.0 Å². The van der Waals surface area contributed by atoms with Gasteiger partial charge >= 0.3 is 12.4 Å². The van der Waals surface area contributed by atoms with Gasteiger partial charge in [-0.1, -0.05) is 35.7 Å². The van der Waals surface area contributed by atoms with E-state index in [1.54, 1.807) is 12.2 Å². The molecular formula is C14H10F6N4S2. The van der Waals surface area contributed by atoms with E-state index in [4.69, 9.17) is 0 Å². The third-order valence-electron chi connectivity index (χ3n) is 2.63. The normalized spacial score (nSPS) is 12.7. The van der Waals surface area contributed by atoms with E-state index in [9.17, 15) is 26.3 Å². The predicted molar refractivity (Wildman–Crippen MR) is 84.7 cm³/mol. The molecule has 0 aromatic carbocycles. The Labute approximate surface area is 152 Å². The fourth-order valence-corrected chi connectivity index (χ4v) is 2.88. The summed E-state index contributed by atoms with van der Waals surface area (Å²) < 4.78 is 75.1. The summed E-state index contributed by atoms with van der Waals surface area (Å²) in [5.41, 5.74) is -2.03. The van der Waals surface area contributed by atoms with Crippen molar-refractivity contribution in [2.24, 2.45) is 0 Å². The van der Waals surface area contributed by atoms with Gasteiger partial charge in [0, 0.05) is 23.9 Å². The molecule has 0 fully saturated rings. The quantitative estimate of drug-likeness (QED) is 0.296. The molecule has 0 saturated heterocycles.